The molecule has 0 fully saturated rings. The number of nitrogens with one attached hydrogen (secondary N) is 1. The molecule has 0 saturated heterocycles. The van der Waals surface area contributed by atoms with Crippen molar-refractivity contribution in [1.29, 1.82) is 0 Å². The maximum absolute atomic E-state index is 6.46. The molecule has 1 aliphatic heterocycles. The normalized spacial score (nSPS) is 15.5. The Morgan fingerprint density at radius 2 is 2.00 bits per heavy atom. The molecule has 0 saturated carbocycles. The lowest BCUT2D eigenvalue weighted by Crippen LogP contribution is -2.22. The van der Waals surface area contributed by atoms with E-state index in [2.05, 4.69) is 12.2 Å². The van der Waals surface area contributed by atoms with Crippen LogP contribution in [0, 0.1) is 0 Å². The van der Waals surface area contributed by atoms with Crippen molar-refractivity contribution >= 4 is 11.6 Å². The molecule has 0 amide bonds. The van der Waals surface area contributed by atoms with Gasteiger partial charge in [0.15, 0.2) is 11.5 Å². The Labute approximate surface area is 129 Å². The molecule has 1 atom stereocenters. The molecular formula is C16H18ClNO3. The summed E-state index contributed by atoms with van der Waals surface area (Å²) in [5.41, 5.74) is 2.00. The van der Waals surface area contributed by atoms with Crippen molar-refractivity contribution in [2.75, 3.05) is 19.8 Å². The second-order valence-electron chi connectivity index (χ2n) is 4.92. The van der Waals surface area contributed by atoms with Gasteiger partial charge in [0, 0.05) is 23.1 Å². The maximum atomic E-state index is 6.46. The lowest BCUT2D eigenvalue weighted by molar-refractivity contribution is 0.297. The van der Waals surface area contributed by atoms with E-state index in [0.717, 1.165) is 29.8 Å². The summed E-state index contributed by atoms with van der Waals surface area (Å²) in [5, 5.41) is 4.08. The largest absolute Gasteiger partial charge is 0.490 e. The van der Waals surface area contributed by atoms with Crippen molar-refractivity contribution in [3.8, 4) is 11.5 Å². The first-order chi connectivity index (χ1) is 10.3. The van der Waals surface area contributed by atoms with Gasteiger partial charge in [-0.1, -0.05) is 18.5 Å². The molecule has 2 heterocycles. The van der Waals surface area contributed by atoms with Crippen molar-refractivity contribution in [2.24, 2.45) is 0 Å². The van der Waals surface area contributed by atoms with Gasteiger partial charge >= 0.3 is 0 Å². The quantitative estimate of drug-likeness (QED) is 0.933. The fourth-order valence-electron chi connectivity index (χ4n) is 2.47. The second-order valence-corrected chi connectivity index (χ2v) is 5.33. The van der Waals surface area contributed by atoms with Gasteiger partial charge < -0.3 is 19.2 Å². The third kappa shape index (κ3) is 3.01. The predicted molar refractivity (Wildman–Crippen MR) is 81.3 cm³/mol. The molecule has 21 heavy (non-hydrogen) atoms. The molecule has 1 N–H and O–H groups in total. The Balaban J connectivity index is 2.01. The van der Waals surface area contributed by atoms with Gasteiger partial charge in [-0.3, -0.25) is 0 Å². The van der Waals surface area contributed by atoms with Crippen LogP contribution in [-0.2, 0) is 0 Å². The van der Waals surface area contributed by atoms with E-state index in [1.54, 1.807) is 12.5 Å². The molecule has 1 unspecified atom stereocenters. The van der Waals surface area contributed by atoms with Crippen LogP contribution in [0.5, 0.6) is 11.5 Å². The summed E-state index contributed by atoms with van der Waals surface area (Å²) in [6, 6.07) is 5.70. The van der Waals surface area contributed by atoms with Crippen molar-refractivity contribution < 1.29 is 13.9 Å². The molecule has 0 bridgehead atoms. The van der Waals surface area contributed by atoms with Crippen LogP contribution in [0.3, 0.4) is 0 Å². The van der Waals surface area contributed by atoms with E-state index in [1.165, 1.54) is 0 Å². The van der Waals surface area contributed by atoms with E-state index in [-0.39, 0.29) is 6.04 Å². The van der Waals surface area contributed by atoms with Crippen molar-refractivity contribution in [2.45, 2.75) is 19.4 Å². The lowest BCUT2D eigenvalue weighted by Gasteiger charge is -2.20. The number of ether oxygens (including phenoxy) is 2. The summed E-state index contributed by atoms with van der Waals surface area (Å²) in [7, 11) is 0. The van der Waals surface area contributed by atoms with Crippen LogP contribution < -0.4 is 14.8 Å². The van der Waals surface area contributed by atoms with Crippen LogP contribution >= 0.6 is 11.6 Å². The zero-order chi connectivity index (χ0) is 14.7. The Kier molecular flexibility index (Phi) is 4.36. The van der Waals surface area contributed by atoms with E-state index in [0.29, 0.717) is 24.0 Å². The van der Waals surface area contributed by atoms with Crippen LogP contribution in [0.2, 0.25) is 5.02 Å². The zero-order valence-corrected chi connectivity index (χ0v) is 12.7. The molecule has 0 radical (unpaired) electrons. The van der Waals surface area contributed by atoms with Crippen LogP contribution in [0.15, 0.2) is 35.1 Å². The molecule has 1 aliphatic rings. The van der Waals surface area contributed by atoms with Crippen molar-refractivity contribution in [1.82, 2.24) is 5.32 Å². The van der Waals surface area contributed by atoms with Crippen molar-refractivity contribution in [3.63, 3.8) is 0 Å². The molecule has 4 nitrogen and oxygen atoms in total. The van der Waals surface area contributed by atoms with Crippen LogP contribution in [-0.4, -0.2) is 19.8 Å². The monoisotopic (exact) mass is 307 g/mol. The van der Waals surface area contributed by atoms with Gasteiger partial charge in [-0.25, -0.2) is 0 Å². The van der Waals surface area contributed by atoms with E-state index in [4.69, 9.17) is 25.5 Å². The summed E-state index contributed by atoms with van der Waals surface area (Å²) in [6.45, 7) is 4.19. The van der Waals surface area contributed by atoms with Crippen molar-refractivity contribution in [3.05, 3.63) is 46.9 Å². The molecule has 0 spiro atoms. The number of fused-ring (bicyclic) bond motifs is 1. The summed E-state index contributed by atoms with van der Waals surface area (Å²) >= 11 is 6.46. The van der Waals surface area contributed by atoms with E-state index in [1.807, 2.05) is 18.2 Å². The minimum Gasteiger partial charge on any atom is -0.490 e. The first-order valence-electron chi connectivity index (χ1n) is 7.14. The first kappa shape index (κ1) is 14.3. The third-order valence-corrected chi connectivity index (χ3v) is 3.79. The SMILES string of the molecule is CCNC(c1ccoc1)c1cc2c(cc1Cl)OCCCO2. The van der Waals surface area contributed by atoms with Crippen LogP contribution in [0.4, 0.5) is 0 Å². The van der Waals surface area contributed by atoms with Gasteiger partial charge in [0.1, 0.15) is 0 Å². The van der Waals surface area contributed by atoms with E-state index >= 15 is 0 Å². The number of furan rings is 1. The molecular weight excluding hydrogens is 290 g/mol. The first-order valence-corrected chi connectivity index (χ1v) is 7.52. The standard InChI is InChI=1S/C16H18ClNO3/c1-2-18-16(11-4-7-19-10-11)12-8-14-15(9-13(12)17)21-6-3-5-20-14/h4,7-10,16,18H,2-3,5-6H2,1H3. The summed E-state index contributed by atoms with van der Waals surface area (Å²) in [6.07, 6.45) is 4.27. The molecule has 0 aliphatic carbocycles. The van der Waals surface area contributed by atoms with Gasteiger partial charge in [-0.05, 0) is 24.2 Å². The van der Waals surface area contributed by atoms with E-state index in [9.17, 15) is 0 Å². The second kappa shape index (κ2) is 6.41. The Morgan fingerprint density at radius 3 is 2.67 bits per heavy atom. The highest BCUT2D eigenvalue weighted by Gasteiger charge is 2.21. The molecule has 1 aromatic heterocycles. The molecule has 5 heteroatoms. The Morgan fingerprint density at radius 1 is 1.24 bits per heavy atom. The minimum absolute atomic E-state index is 0.0293. The highest BCUT2D eigenvalue weighted by atomic mass is 35.5. The Hall–Kier alpha value is -1.65. The van der Waals surface area contributed by atoms with Crippen LogP contribution in [0.1, 0.15) is 30.5 Å². The van der Waals surface area contributed by atoms with Gasteiger partial charge in [-0.2, -0.15) is 0 Å². The summed E-state index contributed by atoms with van der Waals surface area (Å²) < 4.78 is 16.6. The maximum Gasteiger partial charge on any atom is 0.162 e. The fourth-order valence-corrected chi connectivity index (χ4v) is 2.73. The highest BCUT2D eigenvalue weighted by molar-refractivity contribution is 6.31. The van der Waals surface area contributed by atoms with Gasteiger partial charge in [0.25, 0.3) is 0 Å². The number of benzene rings is 1. The smallest absolute Gasteiger partial charge is 0.162 e. The lowest BCUT2D eigenvalue weighted by atomic mass is 10.0. The molecule has 3 rings (SSSR count). The van der Waals surface area contributed by atoms with Gasteiger partial charge in [0.2, 0.25) is 0 Å². The summed E-state index contributed by atoms with van der Waals surface area (Å²) in [5.74, 6) is 1.46. The minimum atomic E-state index is -0.0293. The topological polar surface area (TPSA) is 43.6 Å². The molecule has 112 valence electrons. The number of rotatable bonds is 4. The average molecular weight is 308 g/mol. The van der Waals surface area contributed by atoms with Gasteiger partial charge in [-0.15, -0.1) is 0 Å². The average Bonchev–Trinajstić information content (AvgIpc) is 2.91. The number of hydrogen-bond donors (Lipinski definition) is 1. The third-order valence-electron chi connectivity index (χ3n) is 3.46. The van der Waals surface area contributed by atoms with Gasteiger partial charge in [0.05, 0.1) is 31.8 Å². The summed E-state index contributed by atoms with van der Waals surface area (Å²) in [4.78, 5) is 0. The molecule has 2 aromatic rings. The number of hydrogen-bond acceptors (Lipinski definition) is 4. The van der Waals surface area contributed by atoms with E-state index < -0.39 is 0 Å². The zero-order valence-electron chi connectivity index (χ0n) is 11.9. The fraction of sp³-hybridized carbons (Fsp3) is 0.375. The number of halogens is 1. The Bertz CT molecular complexity index is 598. The highest BCUT2D eigenvalue weighted by Crippen LogP contribution is 2.39. The molecule has 1 aromatic carbocycles. The predicted octanol–water partition coefficient (Wildman–Crippen LogP) is 3.79. The van der Waals surface area contributed by atoms with Crippen LogP contribution in [0.25, 0.3) is 0 Å².